The van der Waals surface area contributed by atoms with E-state index in [-0.39, 0.29) is 23.2 Å². The van der Waals surface area contributed by atoms with Gasteiger partial charge >= 0.3 is 0 Å². The van der Waals surface area contributed by atoms with Crippen molar-refractivity contribution in [1.29, 1.82) is 0 Å². The molecule has 1 aromatic carbocycles. The third-order valence-corrected chi connectivity index (χ3v) is 6.75. The Morgan fingerprint density at radius 1 is 1.41 bits per heavy atom. The lowest BCUT2D eigenvalue weighted by molar-refractivity contribution is -0.110. The molecule has 0 unspecified atom stereocenters. The van der Waals surface area contributed by atoms with Crippen LogP contribution in [0.25, 0.3) is 0 Å². The lowest BCUT2D eigenvalue weighted by Crippen LogP contribution is -2.41. The van der Waals surface area contributed by atoms with Gasteiger partial charge in [-0.05, 0) is 37.8 Å². The molecule has 1 amide bonds. The second kappa shape index (κ2) is 9.39. The summed E-state index contributed by atoms with van der Waals surface area (Å²) >= 11 is 7.29. The summed E-state index contributed by atoms with van der Waals surface area (Å²) in [5.41, 5.74) is -0.320. The number of hydrogen-bond donors (Lipinski definition) is 1. The van der Waals surface area contributed by atoms with Gasteiger partial charge in [0.2, 0.25) is 0 Å². The van der Waals surface area contributed by atoms with E-state index in [2.05, 4.69) is 10.3 Å². The number of thioether (sulfide) groups is 1. The Morgan fingerprint density at radius 3 is 2.93 bits per heavy atom. The molecular formula is C21H24ClF2N3OS. The Morgan fingerprint density at radius 2 is 2.21 bits per heavy atom. The topological polar surface area (TPSA) is 53.8 Å². The summed E-state index contributed by atoms with van der Waals surface area (Å²) in [6, 6.07) is 2.25. The molecule has 1 fully saturated rings. The number of nitrogens with zero attached hydrogens (tertiary/aromatic N) is 2. The van der Waals surface area contributed by atoms with Crippen LogP contribution in [0.1, 0.15) is 38.2 Å². The number of anilines is 1. The highest BCUT2D eigenvalue weighted by atomic mass is 35.5. The third-order valence-electron chi connectivity index (χ3n) is 5.50. The molecule has 8 heteroatoms. The number of hydrogen-bond acceptors (Lipinski definition) is 4. The summed E-state index contributed by atoms with van der Waals surface area (Å²) in [5.74, 6) is -0.757. The van der Waals surface area contributed by atoms with E-state index in [9.17, 15) is 13.6 Å². The summed E-state index contributed by atoms with van der Waals surface area (Å²) < 4.78 is 29.5. The van der Waals surface area contributed by atoms with Crippen molar-refractivity contribution in [3.63, 3.8) is 0 Å². The van der Waals surface area contributed by atoms with Crippen LogP contribution in [-0.4, -0.2) is 35.3 Å². The SMILES string of the molecule is CN=C(/C=C\CCl)C(=O)Nc1cc([C@]23CCCC[C@H]2CSC(C)=N3)c(F)cc1F. The molecule has 29 heavy (non-hydrogen) atoms. The average molecular weight is 440 g/mol. The molecule has 0 bridgehead atoms. The van der Waals surface area contributed by atoms with Gasteiger partial charge in [0.15, 0.2) is 0 Å². The summed E-state index contributed by atoms with van der Waals surface area (Å²) in [7, 11) is 1.46. The summed E-state index contributed by atoms with van der Waals surface area (Å²) in [6.45, 7) is 1.93. The van der Waals surface area contributed by atoms with Crippen LogP contribution in [0, 0.1) is 17.6 Å². The van der Waals surface area contributed by atoms with E-state index in [1.54, 1.807) is 17.8 Å². The number of fused-ring (bicyclic) bond motifs is 1. The maximum absolute atomic E-state index is 15.0. The molecule has 0 aromatic heterocycles. The second-order valence-corrected chi connectivity index (χ2v) is 8.76. The van der Waals surface area contributed by atoms with Crippen molar-refractivity contribution in [2.75, 3.05) is 24.0 Å². The van der Waals surface area contributed by atoms with Gasteiger partial charge in [-0.3, -0.25) is 14.8 Å². The number of aliphatic imine (C=N–C) groups is 2. The minimum atomic E-state index is -0.828. The van der Waals surface area contributed by atoms with Crippen LogP contribution in [-0.2, 0) is 10.3 Å². The predicted molar refractivity (Wildman–Crippen MR) is 117 cm³/mol. The molecule has 2 atom stereocenters. The first-order valence-electron chi connectivity index (χ1n) is 9.60. The van der Waals surface area contributed by atoms with Crippen molar-refractivity contribution < 1.29 is 13.6 Å². The largest absolute Gasteiger partial charge is 0.318 e. The summed E-state index contributed by atoms with van der Waals surface area (Å²) in [6.07, 6.45) is 6.72. The number of rotatable bonds is 5. The van der Waals surface area contributed by atoms with Crippen molar-refractivity contribution in [2.45, 2.75) is 38.1 Å². The van der Waals surface area contributed by atoms with Crippen LogP contribution < -0.4 is 5.32 Å². The Hall–Kier alpha value is -1.73. The Kier molecular flexibility index (Phi) is 7.11. The smallest absolute Gasteiger partial charge is 0.273 e. The number of nitrogens with one attached hydrogen (secondary N) is 1. The molecule has 1 N–H and O–H groups in total. The maximum atomic E-state index is 15.0. The number of allylic oxidation sites excluding steroid dienone is 1. The molecule has 0 radical (unpaired) electrons. The Bertz CT molecular complexity index is 887. The van der Waals surface area contributed by atoms with E-state index >= 15 is 0 Å². The zero-order chi connectivity index (χ0) is 21.0. The lowest BCUT2D eigenvalue weighted by atomic mass is 9.69. The van der Waals surface area contributed by atoms with Gasteiger partial charge in [0.1, 0.15) is 17.3 Å². The number of alkyl halides is 1. The molecule has 0 saturated heterocycles. The van der Waals surface area contributed by atoms with Crippen molar-refractivity contribution >= 4 is 45.7 Å². The quantitative estimate of drug-likeness (QED) is 0.498. The fourth-order valence-electron chi connectivity index (χ4n) is 4.12. The lowest BCUT2D eigenvalue weighted by Gasteiger charge is -2.44. The van der Waals surface area contributed by atoms with Gasteiger partial charge in [-0.1, -0.05) is 18.9 Å². The van der Waals surface area contributed by atoms with Crippen molar-refractivity contribution in [3.05, 3.63) is 41.5 Å². The molecule has 3 rings (SSSR count). The number of carbonyl (C=O) groups excluding carboxylic acids is 1. The van der Waals surface area contributed by atoms with Crippen LogP contribution in [0.2, 0.25) is 0 Å². The number of amides is 1. The fraction of sp³-hybridized carbons (Fsp3) is 0.476. The average Bonchev–Trinajstić information content (AvgIpc) is 2.70. The number of halogens is 3. The highest BCUT2D eigenvalue weighted by Gasteiger charge is 2.46. The maximum Gasteiger partial charge on any atom is 0.273 e. The van der Waals surface area contributed by atoms with Crippen molar-refractivity contribution in [3.8, 4) is 0 Å². The normalized spacial score (nSPS) is 24.9. The summed E-state index contributed by atoms with van der Waals surface area (Å²) in [5, 5.41) is 3.43. The minimum Gasteiger partial charge on any atom is -0.318 e. The minimum absolute atomic E-state index is 0.0726. The fourth-order valence-corrected chi connectivity index (χ4v) is 5.32. The van der Waals surface area contributed by atoms with E-state index in [0.717, 1.165) is 36.1 Å². The second-order valence-electron chi connectivity index (χ2n) is 7.24. The Balaban J connectivity index is 2.01. The monoisotopic (exact) mass is 439 g/mol. The molecular weight excluding hydrogens is 416 g/mol. The molecule has 2 aliphatic rings. The molecule has 4 nitrogen and oxygen atoms in total. The summed E-state index contributed by atoms with van der Waals surface area (Å²) in [4.78, 5) is 21.2. The van der Waals surface area contributed by atoms with Gasteiger partial charge in [-0.25, -0.2) is 8.78 Å². The zero-order valence-corrected chi connectivity index (χ0v) is 18.0. The van der Waals surface area contributed by atoms with Gasteiger partial charge in [-0.15, -0.1) is 23.4 Å². The molecule has 1 heterocycles. The molecule has 1 aliphatic carbocycles. The molecule has 156 valence electrons. The molecule has 1 saturated carbocycles. The zero-order valence-electron chi connectivity index (χ0n) is 16.5. The van der Waals surface area contributed by atoms with Gasteiger partial charge in [0.25, 0.3) is 5.91 Å². The van der Waals surface area contributed by atoms with Crippen molar-refractivity contribution in [1.82, 2.24) is 0 Å². The van der Waals surface area contributed by atoms with Gasteiger partial charge in [0.05, 0.1) is 16.3 Å². The highest BCUT2D eigenvalue weighted by molar-refractivity contribution is 8.13. The van der Waals surface area contributed by atoms with E-state index in [1.807, 2.05) is 6.92 Å². The third kappa shape index (κ3) is 4.56. The van der Waals surface area contributed by atoms with Gasteiger partial charge < -0.3 is 5.32 Å². The first kappa shape index (κ1) is 22.0. The Labute approximate surface area is 178 Å². The number of benzene rings is 1. The van der Waals surface area contributed by atoms with Gasteiger partial charge in [-0.2, -0.15) is 0 Å². The first-order chi connectivity index (χ1) is 13.9. The predicted octanol–water partition coefficient (Wildman–Crippen LogP) is 5.32. The standard InChI is InChI=1S/C21H24ClF2N3OS/c1-13-27-21(8-4-3-6-14(21)12-29-13)15-10-19(17(24)11-16(15)23)26-20(28)18(25-2)7-5-9-22/h5,7,10-11,14H,3-4,6,8-9,12H2,1-2H3,(H,26,28)/b7-5-,25-18?/t14-,21-/m0/s1. The van der Waals surface area contributed by atoms with E-state index in [1.165, 1.54) is 19.2 Å². The van der Waals surface area contributed by atoms with Crippen LogP contribution in [0.4, 0.5) is 14.5 Å². The van der Waals surface area contributed by atoms with E-state index in [4.69, 9.17) is 16.6 Å². The van der Waals surface area contributed by atoms with Crippen molar-refractivity contribution in [2.24, 2.45) is 15.9 Å². The van der Waals surface area contributed by atoms with Crippen LogP contribution in [0.5, 0.6) is 0 Å². The van der Waals surface area contributed by atoms with Gasteiger partial charge in [0, 0.05) is 30.3 Å². The first-order valence-corrected chi connectivity index (χ1v) is 11.1. The molecule has 1 aliphatic heterocycles. The van der Waals surface area contributed by atoms with Crippen LogP contribution >= 0.6 is 23.4 Å². The van der Waals surface area contributed by atoms with Crippen LogP contribution in [0.3, 0.4) is 0 Å². The van der Waals surface area contributed by atoms with E-state index in [0.29, 0.717) is 12.0 Å². The molecule has 0 spiro atoms. The molecule has 1 aromatic rings. The van der Waals surface area contributed by atoms with E-state index < -0.39 is 23.1 Å². The highest BCUT2D eigenvalue weighted by Crippen LogP contribution is 2.50. The van der Waals surface area contributed by atoms with Crippen LogP contribution in [0.15, 0.2) is 34.3 Å². The number of carbonyl (C=O) groups is 1.